The zero-order chi connectivity index (χ0) is 17.7. The normalized spacial score (nSPS) is 42.4. The van der Waals surface area contributed by atoms with Gasteiger partial charge in [0.1, 0.15) is 0 Å². The average Bonchev–Trinajstić information content (AvgIpc) is 3.09. The lowest BCUT2D eigenvalue weighted by Gasteiger charge is -2.40. The van der Waals surface area contributed by atoms with E-state index in [0.29, 0.717) is 24.4 Å². The third-order valence-electron chi connectivity index (χ3n) is 6.89. The second-order valence-electron chi connectivity index (χ2n) is 8.93. The lowest BCUT2D eigenvalue weighted by molar-refractivity contribution is -0.131. The Bertz CT molecular complexity index is 616. The number of carbonyl (C=O) groups is 1. The van der Waals surface area contributed by atoms with E-state index in [1.54, 1.807) is 7.05 Å². The second-order valence-corrected chi connectivity index (χ2v) is 8.93. The van der Waals surface area contributed by atoms with E-state index in [9.17, 15) is 9.90 Å². The van der Waals surface area contributed by atoms with Crippen LogP contribution in [0.2, 0.25) is 0 Å². The van der Waals surface area contributed by atoms with Crippen molar-refractivity contribution in [3.63, 3.8) is 0 Å². The van der Waals surface area contributed by atoms with E-state index < -0.39 is 5.60 Å². The number of aliphatic imine (C=N–C) groups is 1. The highest BCUT2D eigenvalue weighted by molar-refractivity contribution is 5.79. The fourth-order valence-corrected chi connectivity index (χ4v) is 5.81. The Morgan fingerprint density at radius 1 is 1.52 bits per heavy atom. The van der Waals surface area contributed by atoms with Crippen LogP contribution in [0.15, 0.2) is 16.6 Å². The maximum atomic E-state index is 12.8. The first-order valence-electron chi connectivity index (χ1n) is 9.80. The Morgan fingerprint density at radius 3 is 3.16 bits per heavy atom. The van der Waals surface area contributed by atoms with Crippen molar-refractivity contribution in [2.45, 2.75) is 69.1 Å². The molecule has 0 radical (unpaired) electrons. The molecule has 25 heavy (non-hydrogen) atoms. The van der Waals surface area contributed by atoms with Crippen molar-refractivity contribution in [2.75, 3.05) is 20.1 Å². The molecule has 0 aromatic carbocycles. The summed E-state index contributed by atoms with van der Waals surface area (Å²) in [6.07, 6.45) is 11.0. The fraction of sp³-hybridized carbons (Fsp3) is 0.800. The van der Waals surface area contributed by atoms with E-state index in [1.165, 1.54) is 5.57 Å². The van der Waals surface area contributed by atoms with Crippen molar-refractivity contribution < 1.29 is 9.90 Å². The number of nitrogens with one attached hydrogen (secondary N) is 1. The molecule has 2 bridgehead atoms. The molecule has 5 nitrogen and oxygen atoms in total. The summed E-state index contributed by atoms with van der Waals surface area (Å²) in [4.78, 5) is 18.8. The van der Waals surface area contributed by atoms with Crippen molar-refractivity contribution in [3.8, 4) is 0 Å². The molecule has 1 heterocycles. The van der Waals surface area contributed by atoms with Gasteiger partial charge in [0.25, 0.3) is 0 Å². The van der Waals surface area contributed by atoms with Gasteiger partial charge in [-0.05, 0) is 57.3 Å². The number of nitrogens with zero attached hydrogens (tertiary/aromatic N) is 2. The number of hydrogen-bond donors (Lipinski definition) is 2. The van der Waals surface area contributed by atoms with Crippen LogP contribution in [0.25, 0.3) is 0 Å². The minimum Gasteiger partial charge on any atom is -0.390 e. The van der Waals surface area contributed by atoms with Gasteiger partial charge in [0, 0.05) is 37.8 Å². The molecule has 2 N–H and O–H groups in total. The Hall–Kier alpha value is -1.20. The number of likely N-dealkylation sites (tertiary alicyclic amines) is 1. The van der Waals surface area contributed by atoms with Crippen molar-refractivity contribution in [1.29, 1.82) is 0 Å². The summed E-state index contributed by atoms with van der Waals surface area (Å²) in [7, 11) is 1.78. The van der Waals surface area contributed by atoms with Gasteiger partial charge < -0.3 is 15.0 Å². The average molecular weight is 345 g/mol. The Kier molecular flexibility index (Phi) is 4.27. The van der Waals surface area contributed by atoms with Gasteiger partial charge in [-0.2, -0.15) is 0 Å². The number of fused-ring (bicyclic) bond motifs is 1. The van der Waals surface area contributed by atoms with Crippen LogP contribution in [-0.2, 0) is 4.79 Å². The van der Waals surface area contributed by atoms with Crippen LogP contribution < -0.4 is 5.32 Å². The molecule has 0 aromatic heterocycles. The molecular weight excluding hydrogens is 314 g/mol. The second kappa shape index (κ2) is 6.20. The van der Waals surface area contributed by atoms with Crippen molar-refractivity contribution in [1.82, 2.24) is 10.2 Å². The van der Waals surface area contributed by atoms with Gasteiger partial charge in [-0.15, -0.1) is 0 Å². The van der Waals surface area contributed by atoms with Gasteiger partial charge in [0.15, 0.2) is 0 Å². The first-order valence-corrected chi connectivity index (χ1v) is 9.80. The summed E-state index contributed by atoms with van der Waals surface area (Å²) in [6, 6.07) is 0.297. The number of carbonyl (C=O) groups excluding carboxylic acids is 1. The maximum absolute atomic E-state index is 12.8. The molecule has 0 spiro atoms. The molecule has 5 heteroatoms. The summed E-state index contributed by atoms with van der Waals surface area (Å²) in [6.45, 7) is 3.35. The van der Waals surface area contributed by atoms with Gasteiger partial charge >= 0.3 is 0 Å². The minimum atomic E-state index is -0.553. The van der Waals surface area contributed by atoms with E-state index in [0.717, 1.165) is 51.5 Å². The molecule has 3 fully saturated rings. The van der Waals surface area contributed by atoms with Crippen LogP contribution >= 0.6 is 0 Å². The predicted molar refractivity (Wildman–Crippen MR) is 98.7 cm³/mol. The molecule has 4 rings (SSSR count). The first-order chi connectivity index (χ1) is 11.9. The van der Waals surface area contributed by atoms with Gasteiger partial charge in [0.05, 0.1) is 12.1 Å². The van der Waals surface area contributed by atoms with Crippen LogP contribution in [0.4, 0.5) is 0 Å². The quantitative estimate of drug-likeness (QED) is 0.591. The molecule has 3 aliphatic carbocycles. The van der Waals surface area contributed by atoms with Crippen molar-refractivity contribution in [3.05, 3.63) is 11.6 Å². The van der Waals surface area contributed by atoms with Crippen LogP contribution in [0.3, 0.4) is 0 Å². The zero-order valence-electron chi connectivity index (χ0n) is 15.5. The van der Waals surface area contributed by atoms with Gasteiger partial charge in [-0.3, -0.25) is 10.1 Å². The van der Waals surface area contributed by atoms with E-state index in [1.807, 2.05) is 11.1 Å². The predicted octanol–water partition coefficient (Wildman–Crippen LogP) is 1.91. The van der Waals surface area contributed by atoms with Gasteiger partial charge in [-0.25, -0.2) is 0 Å². The lowest BCUT2D eigenvalue weighted by atomic mass is 9.69. The molecule has 1 aliphatic heterocycles. The minimum absolute atomic E-state index is 0.180. The summed E-state index contributed by atoms with van der Waals surface area (Å²) >= 11 is 0. The van der Waals surface area contributed by atoms with E-state index >= 15 is 0 Å². The van der Waals surface area contributed by atoms with E-state index in [-0.39, 0.29) is 11.4 Å². The monoisotopic (exact) mass is 345 g/mol. The lowest BCUT2D eigenvalue weighted by Crippen LogP contribution is -2.52. The highest BCUT2D eigenvalue weighted by atomic mass is 16.3. The Morgan fingerprint density at radius 2 is 2.36 bits per heavy atom. The highest BCUT2D eigenvalue weighted by Gasteiger charge is 2.55. The highest BCUT2D eigenvalue weighted by Crippen LogP contribution is 2.59. The summed E-state index contributed by atoms with van der Waals surface area (Å²) in [5.74, 6) is 1.48. The summed E-state index contributed by atoms with van der Waals surface area (Å²) in [5, 5.41) is 14.5. The largest absolute Gasteiger partial charge is 0.390 e. The van der Waals surface area contributed by atoms with Crippen LogP contribution in [-0.4, -0.2) is 59.4 Å². The molecule has 138 valence electrons. The maximum Gasteiger partial charge on any atom is 0.236 e. The van der Waals surface area contributed by atoms with Crippen molar-refractivity contribution >= 4 is 12.1 Å². The summed E-state index contributed by atoms with van der Waals surface area (Å²) in [5.41, 5.74) is 0.668. The number of amides is 1. The number of hydrogen-bond acceptors (Lipinski definition) is 4. The fourth-order valence-electron chi connectivity index (χ4n) is 5.81. The molecule has 1 saturated heterocycles. The van der Waals surface area contributed by atoms with Gasteiger partial charge in [0.2, 0.25) is 5.91 Å². The van der Waals surface area contributed by atoms with Crippen LogP contribution in [0.5, 0.6) is 0 Å². The Labute approximate surface area is 150 Å². The third kappa shape index (κ3) is 3.17. The SMILES string of the molecule is CN=CC[C@@H]1CCCN1C(=O)CNC1(C)C=C2CC3CC(O)(CC23)C1. The van der Waals surface area contributed by atoms with E-state index in [4.69, 9.17) is 0 Å². The van der Waals surface area contributed by atoms with E-state index in [2.05, 4.69) is 23.3 Å². The van der Waals surface area contributed by atoms with Crippen molar-refractivity contribution in [2.24, 2.45) is 16.8 Å². The number of aliphatic hydroxyl groups is 1. The van der Waals surface area contributed by atoms with Crippen LogP contribution in [0, 0.1) is 11.8 Å². The van der Waals surface area contributed by atoms with Crippen LogP contribution in [0.1, 0.15) is 51.9 Å². The third-order valence-corrected chi connectivity index (χ3v) is 6.89. The smallest absolute Gasteiger partial charge is 0.236 e. The molecule has 2 saturated carbocycles. The molecule has 0 aromatic rings. The molecule has 4 unspecified atom stereocenters. The summed E-state index contributed by atoms with van der Waals surface area (Å²) < 4.78 is 0. The number of allylic oxidation sites excluding steroid dienone is 1. The topological polar surface area (TPSA) is 64.9 Å². The molecule has 4 aliphatic rings. The Balaban J connectivity index is 1.40. The standard InChI is InChI=1S/C20H31N3O2/c1-19(9-14-8-15-10-20(25,13-19)11-17(14)15)22-12-18(24)23-7-3-4-16(23)5-6-21-2/h6,9,15-17,22,25H,3-5,7-8,10-13H2,1-2H3/t15?,16-,17?,19?,20?/m0/s1. The number of rotatable bonds is 5. The molecule has 5 atom stereocenters. The molecule has 1 amide bonds. The van der Waals surface area contributed by atoms with Gasteiger partial charge in [-0.1, -0.05) is 11.6 Å². The first kappa shape index (κ1) is 17.2. The molecular formula is C20H31N3O2. The zero-order valence-corrected chi connectivity index (χ0v) is 15.5.